The Kier molecular flexibility index (Phi) is 6.44. The molecule has 0 radical (unpaired) electrons. The topological polar surface area (TPSA) is 191 Å². The predicted molar refractivity (Wildman–Crippen MR) is 140 cm³/mol. The Labute approximate surface area is 245 Å². The van der Waals surface area contributed by atoms with Crippen LogP contribution in [-0.4, -0.2) is 105 Å². The molecule has 6 bridgehead atoms. The van der Waals surface area contributed by atoms with E-state index >= 15 is 0 Å². The van der Waals surface area contributed by atoms with Crippen LogP contribution in [0.1, 0.15) is 40.5 Å². The molecule has 9 rings (SSSR count). The van der Waals surface area contributed by atoms with Crippen molar-refractivity contribution in [3.63, 3.8) is 0 Å². The first kappa shape index (κ1) is 28.6. The van der Waals surface area contributed by atoms with E-state index in [1.807, 2.05) is 0 Å². The second-order valence-corrected chi connectivity index (χ2v) is 12.2. The minimum absolute atomic E-state index is 0.0331. The molecule has 13 heteroatoms. The highest BCUT2D eigenvalue weighted by Gasteiger charge is 2.94. The van der Waals surface area contributed by atoms with Gasteiger partial charge in [-0.2, -0.15) is 0 Å². The van der Waals surface area contributed by atoms with Crippen molar-refractivity contribution >= 4 is 11.9 Å². The Balaban J connectivity index is 1.12. The summed E-state index contributed by atoms with van der Waals surface area (Å²) >= 11 is 0. The number of aliphatic hydroxyl groups excluding tert-OH is 3. The maximum Gasteiger partial charge on any atom is 0.338 e. The number of aliphatic hydroxyl groups is 4. The maximum absolute atomic E-state index is 12.9. The highest BCUT2D eigenvalue weighted by atomic mass is 16.8. The van der Waals surface area contributed by atoms with Crippen molar-refractivity contribution in [1.82, 2.24) is 0 Å². The van der Waals surface area contributed by atoms with Crippen molar-refractivity contribution in [3.05, 3.63) is 65.7 Å². The monoisotopic (exact) mass is 600 g/mol. The molecule has 0 amide bonds. The van der Waals surface area contributed by atoms with E-state index in [1.165, 1.54) is 24.3 Å². The van der Waals surface area contributed by atoms with Gasteiger partial charge in [0.05, 0.1) is 16.5 Å². The second-order valence-electron chi connectivity index (χ2n) is 12.2. The molecule has 3 saturated carbocycles. The molecule has 3 aliphatic carbocycles. The number of esters is 2. The SMILES string of the molecule is C[C@@]12C[C@@]3(O)O[C@@H](O1)C1(COC(=O)c4ccccc4)[C@H]3C[C@@]12O[C@@H]1O[C@H](COC(=O)c2ccc(O)cc2)[C@@H](O)[C@H](O)[C@H]1O. The van der Waals surface area contributed by atoms with Crippen molar-refractivity contribution < 1.29 is 63.5 Å². The molecular formula is C30H32O13. The van der Waals surface area contributed by atoms with Gasteiger partial charge in [0.1, 0.15) is 54.6 Å². The quantitative estimate of drug-likeness (QED) is 0.259. The lowest BCUT2D eigenvalue weighted by molar-refractivity contribution is -0.424. The van der Waals surface area contributed by atoms with Crippen LogP contribution in [0, 0.1) is 11.3 Å². The second kappa shape index (κ2) is 9.68. The molecule has 0 spiro atoms. The van der Waals surface area contributed by atoms with Gasteiger partial charge in [-0.1, -0.05) is 18.2 Å². The predicted octanol–water partition coefficient (Wildman–Crippen LogP) is 0.213. The summed E-state index contributed by atoms with van der Waals surface area (Å²) in [5.41, 5.74) is -3.12. The summed E-state index contributed by atoms with van der Waals surface area (Å²) < 4.78 is 35.6. The molecule has 4 saturated heterocycles. The van der Waals surface area contributed by atoms with Crippen molar-refractivity contribution in [2.45, 2.75) is 73.8 Å². The van der Waals surface area contributed by atoms with Gasteiger partial charge in [-0.25, -0.2) is 9.59 Å². The molecule has 1 unspecified atom stereocenters. The molecular weight excluding hydrogens is 568 g/mol. The Hall–Kier alpha value is -3.14. The first-order chi connectivity index (χ1) is 20.4. The molecule has 43 heavy (non-hydrogen) atoms. The van der Waals surface area contributed by atoms with Crippen LogP contribution < -0.4 is 0 Å². The van der Waals surface area contributed by atoms with Gasteiger partial charge in [0.15, 0.2) is 18.4 Å². The van der Waals surface area contributed by atoms with E-state index in [1.54, 1.807) is 37.3 Å². The van der Waals surface area contributed by atoms with E-state index in [-0.39, 0.29) is 30.8 Å². The summed E-state index contributed by atoms with van der Waals surface area (Å²) in [4.78, 5) is 25.4. The van der Waals surface area contributed by atoms with Gasteiger partial charge in [-0.15, -0.1) is 0 Å². The summed E-state index contributed by atoms with van der Waals surface area (Å²) in [5, 5.41) is 53.1. The number of phenolic OH excluding ortho intramolecular Hbond substituents is 1. The molecule has 5 N–H and O–H groups in total. The van der Waals surface area contributed by atoms with Crippen molar-refractivity contribution in [2.75, 3.05) is 13.2 Å². The standard InChI is InChI=1S/C30H32O13/c1-27-13-29(37)19-11-30(27,28(19,26(42-27)43-29)14-39-24(36)15-5-3-2-4-6-15)41-25-22(34)21(33)20(32)18(40-25)12-38-23(35)16-7-9-17(31)10-8-16/h2-10,18-22,25-26,31-34,37H,11-14H2,1H3/t18-,19-,20-,21+,22-,25+,26-,27+,28?,29-,30+/m1/s1. The number of carbonyl (C=O) groups excluding carboxylic acids is 2. The Morgan fingerprint density at radius 3 is 2.30 bits per heavy atom. The van der Waals surface area contributed by atoms with E-state index in [0.717, 1.165) is 0 Å². The van der Waals surface area contributed by atoms with Crippen LogP contribution in [0.3, 0.4) is 0 Å². The largest absolute Gasteiger partial charge is 0.508 e. The van der Waals surface area contributed by atoms with E-state index in [9.17, 15) is 35.1 Å². The number of benzene rings is 2. The van der Waals surface area contributed by atoms with Crippen molar-refractivity contribution in [1.29, 1.82) is 0 Å². The van der Waals surface area contributed by atoms with E-state index in [4.69, 9.17) is 28.4 Å². The van der Waals surface area contributed by atoms with Crippen LogP contribution >= 0.6 is 0 Å². The number of phenols is 1. The minimum Gasteiger partial charge on any atom is -0.508 e. The fourth-order valence-corrected chi connectivity index (χ4v) is 7.70. The zero-order chi connectivity index (χ0) is 30.4. The van der Waals surface area contributed by atoms with Crippen molar-refractivity contribution in [2.24, 2.45) is 11.3 Å². The van der Waals surface area contributed by atoms with Crippen LogP contribution in [0.5, 0.6) is 5.75 Å². The Morgan fingerprint density at radius 2 is 1.58 bits per heavy atom. The zero-order valence-electron chi connectivity index (χ0n) is 23.1. The summed E-state index contributed by atoms with van der Waals surface area (Å²) in [7, 11) is 0. The number of carbonyl (C=O) groups is 2. The molecule has 2 aromatic carbocycles. The zero-order valence-corrected chi connectivity index (χ0v) is 23.1. The number of hydrogen-bond acceptors (Lipinski definition) is 13. The molecule has 0 aromatic heterocycles. The molecule has 2 aromatic rings. The number of hydrogen-bond donors (Lipinski definition) is 5. The lowest BCUT2D eigenvalue weighted by Gasteiger charge is -2.67. The summed E-state index contributed by atoms with van der Waals surface area (Å²) in [6, 6.07) is 13.8. The Morgan fingerprint density at radius 1 is 0.907 bits per heavy atom. The summed E-state index contributed by atoms with van der Waals surface area (Å²) in [5.74, 6) is -3.44. The van der Waals surface area contributed by atoms with Crippen LogP contribution in [-0.2, 0) is 28.4 Å². The molecule has 7 fully saturated rings. The van der Waals surface area contributed by atoms with E-state index in [2.05, 4.69) is 0 Å². The Bertz CT molecular complexity index is 1420. The summed E-state index contributed by atoms with van der Waals surface area (Å²) in [6.45, 7) is 1.02. The highest BCUT2D eigenvalue weighted by molar-refractivity contribution is 5.89. The van der Waals surface area contributed by atoms with Gasteiger partial charge in [0, 0.05) is 12.3 Å². The average Bonchev–Trinajstić information content (AvgIpc) is 3.18. The van der Waals surface area contributed by atoms with Crippen LogP contribution in [0.4, 0.5) is 0 Å². The van der Waals surface area contributed by atoms with Crippen LogP contribution in [0.15, 0.2) is 54.6 Å². The normalized spacial score (nSPS) is 43.7. The molecule has 7 aliphatic rings. The van der Waals surface area contributed by atoms with Crippen LogP contribution in [0.2, 0.25) is 0 Å². The molecule has 230 valence electrons. The van der Waals surface area contributed by atoms with Crippen LogP contribution in [0.25, 0.3) is 0 Å². The molecule has 13 nitrogen and oxygen atoms in total. The first-order valence-corrected chi connectivity index (χ1v) is 14.1. The number of ether oxygens (including phenoxy) is 6. The van der Waals surface area contributed by atoms with Crippen molar-refractivity contribution in [3.8, 4) is 5.75 Å². The third-order valence-electron chi connectivity index (χ3n) is 9.87. The van der Waals surface area contributed by atoms with Gasteiger partial charge in [0.25, 0.3) is 0 Å². The number of aromatic hydroxyl groups is 1. The van der Waals surface area contributed by atoms with Gasteiger partial charge < -0.3 is 54.0 Å². The van der Waals surface area contributed by atoms with E-state index < -0.39 is 83.9 Å². The number of rotatable bonds is 8. The smallest absolute Gasteiger partial charge is 0.338 e. The summed E-state index contributed by atoms with van der Waals surface area (Å²) in [6.07, 6.45) is -8.60. The molecule has 11 atom stereocenters. The van der Waals surface area contributed by atoms with Gasteiger partial charge in [-0.05, 0) is 49.7 Å². The van der Waals surface area contributed by atoms with E-state index in [0.29, 0.717) is 5.56 Å². The molecule has 4 aliphatic heterocycles. The van der Waals surface area contributed by atoms with Gasteiger partial charge in [-0.3, -0.25) is 0 Å². The fraction of sp³-hybridized carbons (Fsp3) is 0.533. The highest BCUT2D eigenvalue weighted by Crippen LogP contribution is 2.81. The first-order valence-electron chi connectivity index (χ1n) is 14.1. The third-order valence-corrected chi connectivity index (χ3v) is 9.87. The minimum atomic E-state index is -1.72. The average molecular weight is 601 g/mol. The lowest BCUT2D eigenvalue weighted by atomic mass is 9.41. The molecule has 4 heterocycles. The maximum atomic E-state index is 12.9. The van der Waals surface area contributed by atoms with Gasteiger partial charge in [0.2, 0.25) is 0 Å². The third kappa shape index (κ3) is 3.93. The fourth-order valence-electron chi connectivity index (χ4n) is 7.70. The van der Waals surface area contributed by atoms with Gasteiger partial charge >= 0.3 is 11.9 Å². The lowest BCUT2D eigenvalue weighted by Crippen LogP contribution is -2.80.